The molecule has 4 atom stereocenters. The van der Waals surface area contributed by atoms with Crippen LogP contribution in [-0.2, 0) is 18.9 Å². The van der Waals surface area contributed by atoms with Gasteiger partial charge in [0.25, 0.3) is 0 Å². The third-order valence-corrected chi connectivity index (χ3v) is 6.95. The summed E-state index contributed by atoms with van der Waals surface area (Å²) in [6, 6.07) is 22.1. The van der Waals surface area contributed by atoms with Crippen molar-refractivity contribution in [2.24, 2.45) is 0 Å². The summed E-state index contributed by atoms with van der Waals surface area (Å²) in [7, 11) is 0. The maximum Gasteiger partial charge on any atom is 0.0704 e. The molecule has 2 aromatic carbocycles. The number of hydrogen-bond donors (Lipinski definition) is 0. The molecular weight excluding hydrogens is 452 g/mol. The van der Waals surface area contributed by atoms with Crippen LogP contribution in [-0.4, -0.2) is 87.8 Å². The number of rotatable bonds is 4. The summed E-state index contributed by atoms with van der Waals surface area (Å²) in [5, 5.41) is 0. The van der Waals surface area contributed by atoms with Crippen LogP contribution >= 0.6 is 0 Å². The Balaban J connectivity index is 1.77. The second-order valence-electron chi connectivity index (χ2n) is 9.75. The van der Waals surface area contributed by atoms with E-state index in [9.17, 15) is 0 Å². The largest absolute Gasteiger partial charge is 0.377 e. The zero-order chi connectivity index (χ0) is 25.6. The van der Waals surface area contributed by atoms with Gasteiger partial charge in [-0.05, 0) is 38.8 Å². The molecule has 3 rings (SSSR count). The van der Waals surface area contributed by atoms with Gasteiger partial charge in [-0.25, -0.2) is 0 Å². The van der Waals surface area contributed by atoms with Gasteiger partial charge < -0.3 is 18.9 Å². The molecule has 1 heterocycles. The number of hydrogen-bond acceptors (Lipinski definition) is 6. The third-order valence-electron chi connectivity index (χ3n) is 6.95. The topological polar surface area (TPSA) is 43.4 Å². The van der Waals surface area contributed by atoms with E-state index in [0.29, 0.717) is 51.7 Å². The third kappa shape index (κ3) is 9.92. The molecule has 2 aromatic rings. The van der Waals surface area contributed by atoms with E-state index in [-0.39, 0.29) is 12.2 Å². The maximum atomic E-state index is 6.12. The van der Waals surface area contributed by atoms with E-state index < -0.39 is 0 Å². The molecule has 0 saturated carbocycles. The Morgan fingerprint density at radius 2 is 0.944 bits per heavy atom. The van der Waals surface area contributed by atoms with Gasteiger partial charge in [-0.1, -0.05) is 60.7 Å². The lowest BCUT2D eigenvalue weighted by atomic mass is 10.1. The maximum absolute atomic E-state index is 6.12. The fourth-order valence-electron chi connectivity index (χ4n) is 4.73. The van der Waals surface area contributed by atoms with Crippen molar-refractivity contribution in [3.63, 3.8) is 0 Å². The molecule has 6 heteroatoms. The Kier molecular flexibility index (Phi) is 12.9. The van der Waals surface area contributed by atoms with Crippen LogP contribution < -0.4 is 0 Å². The molecule has 1 fully saturated rings. The van der Waals surface area contributed by atoms with Crippen molar-refractivity contribution < 1.29 is 18.9 Å². The fourth-order valence-corrected chi connectivity index (χ4v) is 4.73. The smallest absolute Gasteiger partial charge is 0.0704 e. The summed E-state index contributed by atoms with van der Waals surface area (Å²) in [6.45, 7) is 16.0. The van der Waals surface area contributed by atoms with Gasteiger partial charge in [-0.15, -0.1) is 0 Å². The van der Waals surface area contributed by atoms with E-state index in [0.717, 1.165) is 26.2 Å². The molecule has 0 bridgehead atoms. The highest BCUT2D eigenvalue weighted by molar-refractivity contribution is 5.19. The predicted octanol–water partition coefficient (Wildman–Crippen LogP) is 4.97. The highest BCUT2D eigenvalue weighted by Gasteiger charge is 2.23. The molecule has 0 N–H and O–H groups in total. The highest BCUT2D eigenvalue weighted by Crippen LogP contribution is 2.24. The second kappa shape index (κ2) is 16.1. The highest BCUT2D eigenvalue weighted by atomic mass is 16.6. The SMILES string of the molecule is CC(c1ccccc1)N1CCN(C(C)c2ccccc2)C[C@H](C)OCCOCCOCCO[C@@H](C)C1. The van der Waals surface area contributed by atoms with Crippen LogP contribution in [0.3, 0.4) is 0 Å². The van der Waals surface area contributed by atoms with E-state index in [2.05, 4.69) is 98.2 Å². The first kappa shape index (κ1) is 28.8. The van der Waals surface area contributed by atoms with Gasteiger partial charge in [0.05, 0.1) is 51.8 Å². The molecule has 0 spiro atoms. The van der Waals surface area contributed by atoms with Crippen molar-refractivity contribution in [2.45, 2.75) is 52.0 Å². The summed E-state index contributed by atoms with van der Waals surface area (Å²) >= 11 is 0. The first-order valence-electron chi connectivity index (χ1n) is 13.5. The van der Waals surface area contributed by atoms with Crippen molar-refractivity contribution >= 4 is 0 Å². The van der Waals surface area contributed by atoms with Crippen molar-refractivity contribution in [3.05, 3.63) is 71.8 Å². The minimum atomic E-state index is 0.108. The molecule has 1 aliphatic rings. The van der Waals surface area contributed by atoms with E-state index in [1.165, 1.54) is 11.1 Å². The van der Waals surface area contributed by atoms with Crippen LogP contribution in [0.2, 0.25) is 0 Å². The summed E-state index contributed by atoms with van der Waals surface area (Å²) < 4.78 is 23.6. The summed E-state index contributed by atoms with van der Waals surface area (Å²) in [4.78, 5) is 5.10. The molecule has 1 saturated heterocycles. The summed E-state index contributed by atoms with van der Waals surface area (Å²) in [5.41, 5.74) is 2.66. The van der Waals surface area contributed by atoms with Crippen molar-refractivity contribution in [1.82, 2.24) is 9.80 Å². The van der Waals surface area contributed by atoms with Crippen molar-refractivity contribution in [2.75, 3.05) is 65.8 Å². The van der Waals surface area contributed by atoms with Gasteiger partial charge in [-0.3, -0.25) is 9.80 Å². The van der Waals surface area contributed by atoms with Crippen molar-refractivity contribution in [3.8, 4) is 0 Å². The lowest BCUT2D eigenvalue weighted by molar-refractivity contribution is -0.0398. The Morgan fingerprint density at radius 3 is 1.33 bits per heavy atom. The molecule has 200 valence electrons. The Hall–Kier alpha value is -1.80. The van der Waals surface area contributed by atoms with Crippen LogP contribution in [0.15, 0.2) is 60.7 Å². The second-order valence-corrected chi connectivity index (χ2v) is 9.75. The van der Waals surface area contributed by atoms with Crippen LogP contribution in [0.25, 0.3) is 0 Å². The van der Waals surface area contributed by atoms with E-state index >= 15 is 0 Å². The summed E-state index contributed by atoms with van der Waals surface area (Å²) in [5.74, 6) is 0. The quantitative estimate of drug-likeness (QED) is 0.593. The van der Waals surface area contributed by atoms with Gasteiger partial charge in [-0.2, -0.15) is 0 Å². The number of nitrogens with zero attached hydrogens (tertiary/aromatic N) is 2. The van der Waals surface area contributed by atoms with Gasteiger partial charge in [0, 0.05) is 38.3 Å². The average molecular weight is 499 g/mol. The van der Waals surface area contributed by atoms with Crippen LogP contribution in [0.4, 0.5) is 0 Å². The first-order valence-corrected chi connectivity index (χ1v) is 13.5. The lowest BCUT2D eigenvalue weighted by Gasteiger charge is -2.37. The minimum absolute atomic E-state index is 0.108. The molecule has 0 amide bonds. The standard InChI is InChI=1S/C30H46N2O4/c1-25-23-31(27(3)29-11-7-5-8-12-29)15-16-32(28(4)30-13-9-6-10-14-30)24-26(2)36-22-20-34-18-17-33-19-21-35-25/h5-14,25-28H,15-24H2,1-4H3/t25-,26-,27?,28?/m0/s1. The predicted molar refractivity (Wildman–Crippen MR) is 145 cm³/mol. The molecule has 1 aliphatic heterocycles. The molecule has 36 heavy (non-hydrogen) atoms. The summed E-state index contributed by atoms with van der Waals surface area (Å²) in [6.07, 6.45) is 0.217. The van der Waals surface area contributed by atoms with Gasteiger partial charge in [0.15, 0.2) is 0 Å². The lowest BCUT2D eigenvalue weighted by Crippen LogP contribution is -2.43. The van der Waals surface area contributed by atoms with Crippen LogP contribution in [0, 0.1) is 0 Å². The molecule has 6 nitrogen and oxygen atoms in total. The van der Waals surface area contributed by atoms with Crippen LogP contribution in [0.1, 0.15) is 50.9 Å². The van der Waals surface area contributed by atoms with Gasteiger partial charge >= 0.3 is 0 Å². The zero-order valence-corrected chi connectivity index (χ0v) is 22.7. The fraction of sp³-hybridized carbons (Fsp3) is 0.600. The Bertz CT molecular complexity index is 753. The zero-order valence-electron chi connectivity index (χ0n) is 22.7. The molecular formula is C30H46N2O4. The monoisotopic (exact) mass is 498 g/mol. The van der Waals surface area contributed by atoms with Gasteiger partial charge in [0.2, 0.25) is 0 Å². The molecule has 2 unspecified atom stereocenters. The molecule has 0 aromatic heterocycles. The Morgan fingerprint density at radius 1 is 0.583 bits per heavy atom. The van der Waals surface area contributed by atoms with E-state index in [1.807, 2.05) is 0 Å². The van der Waals surface area contributed by atoms with Gasteiger partial charge in [0.1, 0.15) is 0 Å². The van der Waals surface area contributed by atoms with E-state index in [1.54, 1.807) is 0 Å². The number of benzene rings is 2. The number of ether oxygens (including phenoxy) is 4. The van der Waals surface area contributed by atoms with E-state index in [4.69, 9.17) is 18.9 Å². The first-order chi connectivity index (χ1) is 17.5. The van der Waals surface area contributed by atoms with Crippen LogP contribution in [0.5, 0.6) is 0 Å². The molecule has 0 aliphatic carbocycles. The normalized spacial score (nSPS) is 24.9. The van der Waals surface area contributed by atoms with Crippen molar-refractivity contribution in [1.29, 1.82) is 0 Å². The minimum Gasteiger partial charge on any atom is -0.377 e. The Labute approximate surface area is 218 Å². The molecule has 0 radical (unpaired) electrons. The average Bonchev–Trinajstić information content (AvgIpc) is 2.91.